The van der Waals surface area contributed by atoms with Crippen LogP contribution in [0.5, 0.6) is 5.75 Å². The van der Waals surface area contributed by atoms with Crippen LogP contribution >= 0.6 is 11.3 Å². The highest BCUT2D eigenvalue weighted by atomic mass is 32.1. The molecule has 0 saturated carbocycles. The Morgan fingerprint density at radius 2 is 1.82 bits per heavy atom. The van der Waals surface area contributed by atoms with Gasteiger partial charge in [0, 0.05) is 6.42 Å². The lowest BCUT2D eigenvalue weighted by Gasteiger charge is -2.22. The van der Waals surface area contributed by atoms with E-state index in [0.29, 0.717) is 28.3 Å². The number of rotatable bonds is 7. The minimum absolute atomic E-state index is 0.0576. The minimum atomic E-state index is -0.656. The van der Waals surface area contributed by atoms with Gasteiger partial charge < -0.3 is 9.15 Å². The Morgan fingerprint density at radius 1 is 1.03 bits per heavy atom. The first-order valence-corrected chi connectivity index (χ1v) is 11.9. The van der Waals surface area contributed by atoms with Crippen LogP contribution in [0, 0.1) is 0 Å². The predicted octanol–water partition coefficient (Wildman–Crippen LogP) is 5.14. The van der Waals surface area contributed by atoms with Gasteiger partial charge in [0.05, 0.1) is 23.6 Å². The van der Waals surface area contributed by atoms with Gasteiger partial charge in [-0.2, -0.15) is 0 Å². The van der Waals surface area contributed by atoms with E-state index in [1.807, 2.05) is 31.2 Å². The van der Waals surface area contributed by atoms with E-state index < -0.39 is 6.04 Å². The third-order valence-electron chi connectivity index (χ3n) is 5.57. The molecule has 1 aliphatic heterocycles. The molecule has 1 atom stereocenters. The molecule has 3 heterocycles. The second kappa shape index (κ2) is 8.78. The Bertz CT molecular complexity index is 1380. The van der Waals surface area contributed by atoms with Crippen molar-refractivity contribution < 1.29 is 13.9 Å². The molecule has 2 aromatic heterocycles. The maximum atomic E-state index is 13.6. The summed E-state index contributed by atoms with van der Waals surface area (Å²) in [7, 11) is 0. The van der Waals surface area contributed by atoms with E-state index >= 15 is 0 Å². The van der Waals surface area contributed by atoms with Crippen molar-refractivity contribution in [2.24, 2.45) is 0 Å². The standard InChI is InChI=1S/C25H23N3O4S/c1-3-7-19-26-27-25(33-19)28-21(15-10-12-16(13-11-15)31-14-4-2)20-22(29)17-8-5-6-9-18(17)32-23(20)24(28)30/h5-6,8-13,21H,3-4,7,14H2,1-2H3. The second-order valence-corrected chi connectivity index (χ2v) is 8.93. The molecule has 0 radical (unpaired) electrons. The SMILES string of the molecule is CCCOc1ccc(C2c3c(oc4ccccc4c3=O)C(=O)N2c2nnc(CCC)s2)cc1. The van der Waals surface area contributed by atoms with E-state index in [-0.39, 0.29) is 17.1 Å². The normalized spacial score (nSPS) is 15.3. The monoisotopic (exact) mass is 461 g/mol. The van der Waals surface area contributed by atoms with Crippen LogP contribution in [0.15, 0.2) is 57.7 Å². The molecule has 0 saturated heterocycles. The number of amides is 1. The summed E-state index contributed by atoms with van der Waals surface area (Å²) in [6.45, 7) is 4.74. The number of benzene rings is 2. The zero-order valence-corrected chi connectivity index (χ0v) is 19.2. The van der Waals surface area contributed by atoms with Crippen molar-refractivity contribution in [3.63, 3.8) is 0 Å². The number of hydrogen-bond donors (Lipinski definition) is 0. The molecule has 168 valence electrons. The lowest BCUT2D eigenvalue weighted by Crippen LogP contribution is -2.29. The third kappa shape index (κ3) is 3.70. The molecule has 0 fully saturated rings. The van der Waals surface area contributed by atoms with E-state index in [4.69, 9.17) is 9.15 Å². The number of aromatic nitrogens is 2. The van der Waals surface area contributed by atoms with Gasteiger partial charge in [-0.3, -0.25) is 14.5 Å². The van der Waals surface area contributed by atoms with Crippen molar-refractivity contribution in [2.45, 2.75) is 39.2 Å². The van der Waals surface area contributed by atoms with Gasteiger partial charge in [0.1, 0.15) is 16.3 Å². The van der Waals surface area contributed by atoms with Crippen LogP contribution in [-0.2, 0) is 6.42 Å². The van der Waals surface area contributed by atoms with Crippen LogP contribution in [0.1, 0.15) is 59.4 Å². The zero-order valence-electron chi connectivity index (χ0n) is 18.4. The molecular formula is C25H23N3O4S. The predicted molar refractivity (Wildman–Crippen MR) is 127 cm³/mol. The number of carbonyl (C=O) groups is 1. The first-order chi connectivity index (χ1) is 16.1. The van der Waals surface area contributed by atoms with E-state index in [9.17, 15) is 9.59 Å². The summed E-state index contributed by atoms with van der Waals surface area (Å²) in [5.41, 5.74) is 1.29. The van der Waals surface area contributed by atoms with Crippen molar-refractivity contribution in [1.82, 2.24) is 10.2 Å². The van der Waals surface area contributed by atoms with Crippen molar-refractivity contribution in [1.29, 1.82) is 0 Å². The molecule has 0 aliphatic carbocycles. The largest absolute Gasteiger partial charge is 0.494 e. The van der Waals surface area contributed by atoms with Crippen LogP contribution in [0.3, 0.4) is 0 Å². The van der Waals surface area contributed by atoms with Gasteiger partial charge in [0.25, 0.3) is 5.91 Å². The number of hydrogen-bond acceptors (Lipinski definition) is 7. The summed E-state index contributed by atoms with van der Waals surface area (Å²) in [4.78, 5) is 28.6. The summed E-state index contributed by atoms with van der Waals surface area (Å²) >= 11 is 1.37. The third-order valence-corrected chi connectivity index (χ3v) is 6.55. The topological polar surface area (TPSA) is 85.5 Å². The quantitative estimate of drug-likeness (QED) is 0.379. The van der Waals surface area contributed by atoms with Gasteiger partial charge in [-0.25, -0.2) is 0 Å². The maximum Gasteiger partial charge on any atom is 0.297 e. The molecule has 7 nitrogen and oxygen atoms in total. The Hall–Kier alpha value is -3.52. The summed E-state index contributed by atoms with van der Waals surface area (Å²) in [6.07, 6.45) is 2.62. The van der Waals surface area contributed by atoms with Gasteiger partial charge in [-0.15, -0.1) is 10.2 Å². The molecule has 0 spiro atoms. The number of para-hydroxylation sites is 1. The molecule has 8 heteroatoms. The smallest absolute Gasteiger partial charge is 0.297 e. The number of anilines is 1. The Kier molecular flexibility index (Phi) is 5.68. The summed E-state index contributed by atoms with van der Waals surface area (Å²) < 4.78 is 11.7. The number of ether oxygens (including phenoxy) is 1. The van der Waals surface area contributed by atoms with E-state index in [2.05, 4.69) is 17.1 Å². The van der Waals surface area contributed by atoms with E-state index in [1.165, 1.54) is 16.2 Å². The Labute approximate surface area is 194 Å². The lowest BCUT2D eigenvalue weighted by molar-refractivity contribution is 0.0970. The Morgan fingerprint density at radius 3 is 2.58 bits per heavy atom. The maximum absolute atomic E-state index is 13.6. The second-order valence-electron chi connectivity index (χ2n) is 7.89. The molecule has 0 N–H and O–H groups in total. The minimum Gasteiger partial charge on any atom is -0.494 e. The van der Waals surface area contributed by atoms with Crippen molar-refractivity contribution in [3.05, 3.63) is 80.6 Å². The fraction of sp³-hybridized carbons (Fsp3) is 0.280. The lowest BCUT2D eigenvalue weighted by atomic mass is 9.98. The van der Waals surface area contributed by atoms with Crippen LogP contribution in [0.25, 0.3) is 11.0 Å². The van der Waals surface area contributed by atoms with Gasteiger partial charge >= 0.3 is 0 Å². The zero-order chi connectivity index (χ0) is 22.9. The molecule has 1 unspecified atom stereocenters. The first-order valence-electron chi connectivity index (χ1n) is 11.1. The molecule has 1 amide bonds. The fourth-order valence-corrected chi connectivity index (χ4v) is 5.02. The Balaban J connectivity index is 1.67. The van der Waals surface area contributed by atoms with Crippen molar-refractivity contribution >= 4 is 33.3 Å². The highest BCUT2D eigenvalue weighted by Gasteiger charge is 2.45. The van der Waals surface area contributed by atoms with Gasteiger partial charge in [0.15, 0.2) is 5.43 Å². The number of fused-ring (bicyclic) bond motifs is 2. The number of carbonyl (C=O) groups excluding carboxylic acids is 1. The molecule has 1 aliphatic rings. The highest BCUT2D eigenvalue weighted by molar-refractivity contribution is 7.15. The average molecular weight is 462 g/mol. The van der Waals surface area contributed by atoms with E-state index in [0.717, 1.165) is 35.6 Å². The van der Waals surface area contributed by atoms with Gasteiger partial charge in [-0.05, 0) is 42.7 Å². The summed E-state index contributed by atoms with van der Waals surface area (Å²) in [5.74, 6) is 0.411. The van der Waals surface area contributed by atoms with Crippen LogP contribution < -0.4 is 15.1 Å². The van der Waals surface area contributed by atoms with Crippen LogP contribution in [0.4, 0.5) is 5.13 Å². The fourth-order valence-electron chi connectivity index (χ4n) is 4.06. The molecular weight excluding hydrogens is 438 g/mol. The van der Waals surface area contributed by atoms with E-state index in [1.54, 1.807) is 24.3 Å². The van der Waals surface area contributed by atoms with Gasteiger partial charge in [0.2, 0.25) is 10.9 Å². The summed E-state index contributed by atoms with van der Waals surface area (Å²) in [6, 6.07) is 13.8. The molecule has 0 bridgehead atoms. The first kappa shape index (κ1) is 21.3. The van der Waals surface area contributed by atoms with Crippen molar-refractivity contribution in [3.8, 4) is 5.75 Å². The average Bonchev–Trinajstić information content (AvgIpc) is 3.41. The van der Waals surface area contributed by atoms with Crippen LogP contribution in [0.2, 0.25) is 0 Å². The highest BCUT2D eigenvalue weighted by Crippen LogP contribution is 2.42. The molecule has 2 aromatic carbocycles. The van der Waals surface area contributed by atoms with Crippen molar-refractivity contribution in [2.75, 3.05) is 11.5 Å². The molecule has 5 rings (SSSR count). The summed E-state index contributed by atoms with van der Waals surface area (Å²) in [5, 5.41) is 10.3. The van der Waals surface area contributed by atoms with Crippen LogP contribution in [-0.4, -0.2) is 22.7 Å². The molecule has 33 heavy (non-hydrogen) atoms. The molecule has 4 aromatic rings. The number of nitrogens with zero attached hydrogens (tertiary/aromatic N) is 3. The number of aryl methyl sites for hydroxylation is 1. The van der Waals surface area contributed by atoms with Gasteiger partial charge in [-0.1, -0.05) is 49.4 Å².